The number of unbranched alkanes of at least 4 members (excludes halogenated alkanes) is 1. The fourth-order valence-electron chi connectivity index (χ4n) is 3.26. The average Bonchev–Trinajstić information content (AvgIpc) is 2.95. The quantitative estimate of drug-likeness (QED) is 0.653. The molecular formula is C21H23N3O5S. The Bertz CT molecular complexity index is 1110. The van der Waals surface area contributed by atoms with Gasteiger partial charge in [0.25, 0.3) is 17.7 Å². The van der Waals surface area contributed by atoms with Gasteiger partial charge in [-0.3, -0.25) is 19.3 Å². The lowest BCUT2D eigenvalue weighted by molar-refractivity contribution is 0.0652. The van der Waals surface area contributed by atoms with E-state index in [4.69, 9.17) is 5.14 Å². The molecule has 1 aliphatic rings. The van der Waals surface area contributed by atoms with E-state index in [9.17, 15) is 22.8 Å². The number of carbonyl (C=O) groups excluding carboxylic acids is 3. The molecule has 1 atom stereocenters. The molecule has 158 valence electrons. The van der Waals surface area contributed by atoms with Crippen molar-refractivity contribution >= 4 is 27.7 Å². The Kier molecular flexibility index (Phi) is 6.04. The Morgan fingerprint density at radius 2 is 1.70 bits per heavy atom. The van der Waals surface area contributed by atoms with Crippen molar-refractivity contribution in [3.63, 3.8) is 0 Å². The molecule has 0 radical (unpaired) electrons. The maximum absolute atomic E-state index is 12.7. The Hall–Kier alpha value is -3.04. The van der Waals surface area contributed by atoms with Gasteiger partial charge in [-0.25, -0.2) is 13.6 Å². The van der Waals surface area contributed by atoms with E-state index in [2.05, 4.69) is 5.32 Å². The molecule has 2 aromatic rings. The highest BCUT2D eigenvalue weighted by Gasteiger charge is 2.35. The first-order valence-corrected chi connectivity index (χ1v) is 11.1. The third kappa shape index (κ3) is 4.27. The minimum atomic E-state index is -3.79. The predicted molar refractivity (Wildman–Crippen MR) is 110 cm³/mol. The number of nitrogens with zero attached hydrogens (tertiary/aromatic N) is 1. The van der Waals surface area contributed by atoms with Crippen LogP contribution in [0.2, 0.25) is 0 Å². The number of amides is 3. The smallest absolute Gasteiger partial charge is 0.261 e. The molecule has 0 saturated heterocycles. The third-order valence-corrected chi connectivity index (χ3v) is 5.95. The molecular weight excluding hydrogens is 406 g/mol. The molecule has 3 rings (SSSR count). The summed E-state index contributed by atoms with van der Waals surface area (Å²) in [6.07, 6.45) is 1.58. The van der Waals surface area contributed by atoms with E-state index in [0.717, 1.165) is 12.8 Å². The van der Waals surface area contributed by atoms with Crippen LogP contribution in [-0.4, -0.2) is 37.6 Å². The number of nitrogens with one attached hydrogen (secondary N) is 1. The van der Waals surface area contributed by atoms with Crippen LogP contribution in [0.3, 0.4) is 0 Å². The van der Waals surface area contributed by atoms with E-state index < -0.39 is 22.0 Å². The van der Waals surface area contributed by atoms with Crippen LogP contribution in [0.5, 0.6) is 0 Å². The van der Waals surface area contributed by atoms with E-state index in [1.54, 1.807) is 19.1 Å². The first-order chi connectivity index (χ1) is 14.1. The van der Waals surface area contributed by atoms with Crippen molar-refractivity contribution in [3.8, 4) is 0 Å². The number of sulfonamides is 1. The highest BCUT2D eigenvalue weighted by atomic mass is 32.2. The highest BCUT2D eigenvalue weighted by Crippen LogP contribution is 2.25. The summed E-state index contributed by atoms with van der Waals surface area (Å²) < 4.78 is 22.7. The van der Waals surface area contributed by atoms with Gasteiger partial charge in [0.15, 0.2) is 0 Å². The topological polar surface area (TPSA) is 127 Å². The molecule has 30 heavy (non-hydrogen) atoms. The first-order valence-electron chi connectivity index (χ1n) is 9.57. The first kappa shape index (κ1) is 21.7. The molecule has 0 unspecified atom stereocenters. The van der Waals surface area contributed by atoms with Gasteiger partial charge in [0.1, 0.15) is 0 Å². The molecule has 9 heteroatoms. The van der Waals surface area contributed by atoms with Gasteiger partial charge < -0.3 is 5.32 Å². The van der Waals surface area contributed by atoms with Gasteiger partial charge in [-0.05, 0) is 49.2 Å². The lowest BCUT2D eigenvalue weighted by Crippen LogP contribution is -2.30. The second-order valence-electron chi connectivity index (χ2n) is 7.19. The molecule has 1 aliphatic heterocycles. The number of carbonyl (C=O) groups is 3. The van der Waals surface area contributed by atoms with E-state index >= 15 is 0 Å². The lowest BCUT2D eigenvalue weighted by Gasteiger charge is -2.15. The zero-order valence-corrected chi connectivity index (χ0v) is 17.5. The number of hydrogen-bond donors (Lipinski definition) is 2. The van der Waals surface area contributed by atoms with Gasteiger partial charge >= 0.3 is 0 Å². The van der Waals surface area contributed by atoms with Gasteiger partial charge in [-0.2, -0.15) is 0 Å². The zero-order valence-electron chi connectivity index (χ0n) is 16.7. The van der Waals surface area contributed by atoms with Gasteiger partial charge in [-0.15, -0.1) is 0 Å². The van der Waals surface area contributed by atoms with Crippen molar-refractivity contribution < 1.29 is 22.8 Å². The second-order valence-corrected chi connectivity index (χ2v) is 8.75. The lowest BCUT2D eigenvalue weighted by atomic mass is 10.0. The van der Waals surface area contributed by atoms with Crippen molar-refractivity contribution in [2.45, 2.75) is 37.6 Å². The summed E-state index contributed by atoms with van der Waals surface area (Å²) in [5.41, 5.74) is 1.49. The normalized spacial score (nSPS) is 14.6. The zero-order chi connectivity index (χ0) is 22.1. The third-order valence-electron chi connectivity index (χ3n) is 5.02. The maximum Gasteiger partial charge on any atom is 0.261 e. The standard InChI is InChI=1S/C21H23N3O5S/c1-3-4-11-24-20(26)17-10-7-15(12-18(17)21(24)27)19(25)23-13(2)14-5-8-16(9-6-14)30(22,28)29/h5-10,12-13H,3-4,11H2,1-2H3,(H,23,25)(H2,22,28,29)/t13-/m0/s1. The summed E-state index contributed by atoms with van der Waals surface area (Å²) in [4.78, 5) is 38.8. The SMILES string of the molecule is CCCCN1C(=O)c2ccc(C(=O)N[C@@H](C)c3ccc(S(N)(=O)=O)cc3)cc2C1=O. The molecule has 0 fully saturated rings. The van der Waals surface area contributed by atoms with Crippen LogP contribution in [0.25, 0.3) is 0 Å². The fraction of sp³-hybridized carbons (Fsp3) is 0.286. The number of nitrogens with two attached hydrogens (primary N) is 1. The van der Waals surface area contributed by atoms with Gasteiger partial charge in [0.05, 0.1) is 22.1 Å². The monoisotopic (exact) mass is 429 g/mol. The van der Waals surface area contributed by atoms with Gasteiger partial charge in [-0.1, -0.05) is 25.5 Å². The highest BCUT2D eigenvalue weighted by molar-refractivity contribution is 7.89. The average molecular weight is 429 g/mol. The van der Waals surface area contributed by atoms with E-state index in [0.29, 0.717) is 17.7 Å². The molecule has 2 aromatic carbocycles. The summed E-state index contributed by atoms with van der Waals surface area (Å²) in [7, 11) is -3.79. The van der Waals surface area contributed by atoms with Crippen LogP contribution < -0.4 is 10.5 Å². The second kappa shape index (κ2) is 8.37. The Morgan fingerprint density at radius 1 is 1.07 bits per heavy atom. The van der Waals surface area contributed by atoms with Crippen LogP contribution in [0.1, 0.15) is 69.4 Å². The molecule has 8 nitrogen and oxygen atoms in total. The molecule has 3 amide bonds. The molecule has 0 aromatic heterocycles. The predicted octanol–water partition coefficient (Wildman–Crippen LogP) is 2.22. The summed E-state index contributed by atoms with van der Waals surface area (Å²) in [6, 6.07) is 9.92. The van der Waals surface area contributed by atoms with Crippen molar-refractivity contribution in [1.82, 2.24) is 10.2 Å². The molecule has 3 N–H and O–H groups in total. The molecule has 0 saturated carbocycles. The minimum Gasteiger partial charge on any atom is -0.346 e. The Labute approximate surface area is 175 Å². The van der Waals surface area contributed by atoms with Crippen LogP contribution in [0.4, 0.5) is 0 Å². The Balaban J connectivity index is 1.75. The maximum atomic E-state index is 12.7. The van der Waals surface area contributed by atoms with Gasteiger partial charge in [0, 0.05) is 12.1 Å². The summed E-state index contributed by atoms with van der Waals surface area (Å²) in [6.45, 7) is 4.08. The van der Waals surface area contributed by atoms with E-state index in [1.165, 1.54) is 35.2 Å². The van der Waals surface area contributed by atoms with Crippen LogP contribution in [-0.2, 0) is 10.0 Å². The van der Waals surface area contributed by atoms with Crippen LogP contribution >= 0.6 is 0 Å². The summed E-state index contributed by atoms with van der Waals surface area (Å²) >= 11 is 0. The van der Waals surface area contributed by atoms with Crippen LogP contribution in [0.15, 0.2) is 47.4 Å². The van der Waals surface area contributed by atoms with Crippen LogP contribution in [0, 0.1) is 0 Å². The number of rotatable bonds is 7. The van der Waals surface area contributed by atoms with Crippen molar-refractivity contribution in [2.75, 3.05) is 6.54 Å². The number of fused-ring (bicyclic) bond motifs is 1. The molecule has 0 spiro atoms. The fourth-order valence-corrected chi connectivity index (χ4v) is 3.78. The molecule has 0 aliphatic carbocycles. The van der Waals surface area contributed by atoms with Gasteiger partial charge in [0.2, 0.25) is 10.0 Å². The molecule has 1 heterocycles. The number of benzene rings is 2. The van der Waals surface area contributed by atoms with E-state index in [1.807, 2.05) is 6.92 Å². The Morgan fingerprint density at radius 3 is 2.30 bits per heavy atom. The summed E-state index contributed by atoms with van der Waals surface area (Å²) in [5, 5.41) is 7.89. The molecule has 0 bridgehead atoms. The minimum absolute atomic E-state index is 0.0146. The van der Waals surface area contributed by atoms with E-state index in [-0.39, 0.29) is 27.8 Å². The number of primary sulfonamides is 1. The van der Waals surface area contributed by atoms with Crippen molar-refractivity contribution in [3.05, 3.63) is 64.7 Å². The van der Waals surface area contributed by atoms with Crippen molar-refractivity contribution in [1.29, 1.82) is 0 Å². The number of imide groups is 1. The van der Waals surface area contributed by atoms with Crippen molar-refractivity contribution in [2.24, 2.45) is 5.14 Å². The number of hydrogen-bond acceptors (Lipinski definition) is 5. The largest absolute Gasteiger partial charge is 0.346 e. The summed E-state index contributed by atoms with van der Waals surface area (Å²) in [5.74, 6) is -1.13.